The summed E-state index contributed by atoms with van der Waals surface area (Å²) in [5, 5.41) is 9.97. The molecule has 1 aromatic rings. The molecule has 2 heterocycles. The van der Waals surface area contributed by atoms with E-state index in [4.69, 9.17) is 5.73 Å². The zero-order chi connectivity index (χ0) is 15.1. The first-order valence-electron chi connectivity index (χ1n) is 6.39. The van der Waals surface area contributed by atoms with Gasteiger partial charge in [0.1, 0.15) is 5.82 Å². The molecule has 0 saturated carbocycles. The fraction of sp³-hybridized carbons (Fsp3) is 0.615. The first-order valence-corrected chi connectivity index (χ1v) is 6.39. The van der Waals surface area contributed by atoms with Gasteiger partial charge in [-0.3, -0.25) is 0 Å². The highest BCUT2D eigenvalue weighted by molar-refractivity contribution is 5.56. The number of anilines is 2. The minimum atomic E-state index is -4.49. The number of nitrogens with two attached hydrogens (primary N) is 1. The van der Waals surface area contributed by atoms with Crippen molar-refractivity contribution in [1.29, 1.82) is 0 Å². The molecule has 1 aromatic heterocycles. The molecule has 1 saturated heterocycles. The van der Waals surface area contributed by atoms with Crippen LogP contribution in [0.2, 0.25) is 0 Å². The smallest absolute Gasteiger partial charge is 0.398 e. The highest BCUT2D eigenvalue weighted by Crippen LogP contribution is 2.36. The van der Waals surface area contributed by atoms with Gasteiger partial charge in [-0.25, -0.2) is 4.98 Å². The molecule has 1 aliphatic rings. The van der Waals surface area contributed by atoms with Crippen molar-refractivity contribution in [2.24, 2.45) is 5.92 Å². The fourth-order valence-corrected chi connectivity index (χ4v) is 2.41. The summed E-state index contributed by atoms with van der Waals surface area (Å²) in [5.74, 6) is 0.482. The summed E-state index contributed by atoms with van der Waals surface area (Å²) >= 11 is 0. The van der Waals surface area contributed by atoms with Gasteiger partial charge >= 0.3 is 6.18 Å². The Hall–Kier alpha value is -1.50. The number of pyridine rings is 1. The van der Waals surface area contributed by atoms with Gasteiger partial charge in [-0.15, -0.1) is 0 Å². The van der Waals surface area contributed by atoms with Crippen molar-refractivity contribution in [1.82, 2.24) is 4.98 Å². The minimum absolute atomic E-state index is 0.0628. The molecule has 1 aliphatic heterocycles. The van der Waals surface area contributed by atoms with Gasteiger partial charge in [0.25, 0.3) is 0 Å². The monoisotopic (exact) mass is 289 g/mol. The SMILES string of the molecule is CC(C)(O)[C@@H]1CCN(c2cc(N)c(C(F)(F)F)cn2)C1. The average Bonchev–Trinajstić information content (AvgIpc) is 2.75. The van der Waals surface area contributed by atoms with Crippen molar-refractivity contribution in [3.05, 3.63) is 17.8 Å². The first kappa shape index (κ1) is 14.9. The van der Waals surface area contributed by atoms with Crippen LogP contribution in [-0.2, 0) is 6.18 Å². The van der Waals surface area contributed by atoms with Gasteiger partial charge in [0, 0.05) is 37.0 Å². The third kappa shape index (κ3) is 2.98. The molecule has 0 radical (unpaired) electrons. The van der Waals surface area contributed by atoms with Crippen LogP contribution in [0.25, 0.3) is 0 Å². The molecule has 0 spiro atoms. The van der Waals surface area contributed by atoms with Crippen molar-refractivity contribution in [2.45, 2.75) is 32.0 Å². The maximum absolute atomic E-state index is 12.6. The molecule has 4 nitrogen and oxygen atoms in total. The van der Waals surface area contributed by atoms with Gasteiger partial charge in [-0.05, 0) is 20.3 Å². The van der Waals surface area contributed by atoms with Gasteiger partial charge in [-0.2, -0.15) is 13.2 Å². The lowest BCUT2D eigenvalue weighted by Gasteiger charge is -2.26. The average molecular weight is 289 g/mol. The maximum Gasteiger partial charge on any atom is 0.419 e. The van der Waals surface area contributed by atoms with Gasteiger partial charge in [0.2, 0.25) is 0 Å². The molecule has 7 heteroatoms. The van der Waals surface area contributed by atoms with E-state index in [1.54, 1.807) is 13.8 Å². The normalized spacial score (nSPS) is 20.5. The van der Waals surface area contributed by atoms with E-state index in [2.05, 4.69) is 4.98 Å². The molecular formula is C13H18F3N3O. The molecule has 0 unspecified atom stereocenters. The van der Waals surface area contributed by atoms with Crippen LogP contribution >= 0.6 is 0 Å². The molecule has 0 bridgehead atoms. The number of hydrogen-bond donors (Lipinski definition) is 2. The topological polar surface area (TPSA) is 62.4 Å². The Bertz CT molecular complexity index is 497. The van der Waals surface area contributed by atoms with E-state index in [0.717, 1.165) is 12.6 Å². The molecule has 0 amide bonds. The van der Waals surface area contributed by atoms with E-state index in [0.29, 0.717) is 18.9 Å². The highest BCUT2D eigenvalue weighted by Gasteiger charge is 2.36. The lowest BCUT2D eigenvalue weighted by Crippen LogP contribution is -2.33. The molecular weight excluding hydrogens is 271 g/mol. The Kier molecular flexibility index (Phi) is 3.58. The maximum atomic E-state index is 12.6. The Labute approximate surface area is 115 Å². The fourth-order valence-electron chi connectivity index (χ4n) is 2.41. The van der Waals surface area contributed by atoms with Crippen LogP contribution in [0.1, 0.15) is 25.8 Å². The number of aliphatic hydroxyl groups is 1. The lowest BCUT2D eigenvalue weighted by atomic mass is 9.90. The summed E-state index contributed by atoms with van der Waals surface area (Å²) in [4.78, 5) is 5.70. The number of halogens is 3. The van der Waals surface area contributed by atoms with Crippen molar-refractivity contribution >= 4 is 11.5 Å². The summed E-state index contributed by atoms with van der Waals surface area (Å²) in [6.45, 7) is 4.67. The van der Waals surface area contributed by atoms with E-state index < -0.39 is 17.3 Å². The van der Waals surface area contributed by atoms with Crippen molar-refractivity contribution in [3.8, 4) is 0 Å². The van der Waals surface area contributed by atoms with Crippen LogP contribution in [0.15, 0.2) is 12.3 Å². The summed E-state index contributed by atoms with van der Waals surface area (Å²) in [5.41, 5.74) is 3.40. The largest absolute Gasteiger partial charge is 0.419 e. The van der Waals surface area contributed by atoms with Gasteiger partial charge in [-0.1, -0.05) is 0 Å². The molecule has 20 heavy (non-hydrogen) atoms. The third-order valence-corrected chi connectivity index (χ3v) is 3.74. The van der Waals surface area contributed by atoms with Gasteiger partial charge in [0.15, 0.2) is 0 Å². The summed E-state index contributed by atoms with van der Waals surface area (Å²) in [7, 11) is 0. The van der Waals surface area contributed by atoms with Gasteiger partial charge in [0.05, 0.1) is 11.2 Å². The number of rotatable bonds is 2. The number of nitrogen functional groups attached to an aromatic ring is 1. The zero-order valence-electron chi connectivity index (χ0n) is 11.4. The summed E-state index contributed by atoms with van der Waals surface area (Å²) in [6, 6.07) is 1.25. The highest BCUT2D eigenvalue weighted by atomic mass is 19.4. The zero-order valence-corrected chi connectivity index (χ0v) is 11.4. The van der Waals surface area contributed by atoms with Crippen LogP contribution in [0, 0.1) is 5.92 Å². The van der Waals surface area contributed by atoms with E-state index in [1.807, 2.05) is 4.90 Å². The van der Waals surface area contributed by atoms with Crippen molar-refractivity contribution in [2.75, 3.05) is 23.7 Å². The third-order valence-electron chi connectivity index (χ3n) is 3.74. The molecule has 1 fully saturated rings. The second-order valence-corrected chi connectivity index (χ2v) is 5.71. The van der Waals surface area contributed by atoms with Crippen LogP contribution in [0.5, 0.6) is 0 Å². The van der Waals surface area contributed by atoms with E-state index in [-0.39, 0.29) is 11.6 Å². The van der Waals surface area contributed by atoms with E-state index in [9.17, 15) is 18.3 Å². The van der Waals surface area contributed by atoms with Crippen molar-refractivity contribution < 1.29 is 18.3 Å². The predicted octanol–water partition coefficient (Wildman–Crippen LogP) is 2.28. The summed E-state index contributed by atoms with van der Waals surface area (Å²) in [6.07, 6.45) is -2.95. The Morgan fingerprint density at radius 3 is 2.50 bits per heavy atom. The molecule has 0 aliphatic carbocycles. The Morgan fingerprint density at radius 1 is 1.40 bits per heavy atom. The number of hydrogen-bond acceptors (Lipinski definition) is 4. The quantitative estimate of drug-likeness (QED) is 0.877. The Morgan fingerprint density at radius 2 is 2.05 bits per heavy atom. The van der Waals surface area contributed by atoms with Crippen LogP contribution < -0.4 is 10.6 Å². The lowest BCUT2D eigenvalue weighted by molar-refractivity contribution is -0.137. The van der Waals surface area contributed by atoms with Crippen LogP contribution in [-0.4, -0.2) is 28.8 Å². The Balaban J connectivity index is 2.18. The first-order chi connectivity index (χ1) is 9.09. The van der Waals surface area contributed by atoms with Crippen LogP contribution in [0.3, 0.4) is 0 Å². The van der Waals surface area contributed by atoms with Gasteiger partial charge < -0.3 is 15.7 Å². The molecule has 112 valence electrons. The molecule has 2 rings (SSSR count). The summed E-state index contributed by atoms with van der Waals surface area (Å²) < 4.78 is 37.8. The van der Waals surface area contributed by atoms with E-state index >= 15 is 0 Å². The molecule has 3 N–H and O–H groups in total. The molecule has 1 atom stereocenters. The minimum Gasteiger partial charge on any atom is -0.398 e. The van der Waals surface area contributed by atoms with E-state index in [1.165, 1.54) is 6.07 Å². The standard InChI is InChI=1S/C13H18F3N3O/c1-12(2,20)8-3-4-19(7-8)11-5-10(17)9(6-18-11)13(14,15)16/h5-6,8,20H,3-4,7H2,1-2H3,(H2,17,18)/t8-/m1/s1. The number of alkyl halides is 3. The second-order valence-electron chi connectivity index (χ2n) is 5.71. The number of aromatic nitrogens is 1. The predicted molar refractivity (Wildman–Crippen MR) is 70.3 cm³/mol. The van der Waals surface area contributed by atoms with Crippen molar-refractivity contribution in [3.63, 3.8) is 0 Å². The second kappa shape index (κ2) is 4.80. The van der Waals surface area contributed by atoms with Crippen LogP contribution in [0.4, 0.5) is 24.7 Å². The molecule has 0 aromatic carbocycles. The number of nitrogens with zero attached hydrogens (tertiary/aromatic N) is 2.